The number of aliphatic hydroxyl groups excluding tert-OH is 1. The smallest absolute Gasteiger partial charge is 0.220 e. The zero-order valence-electron chi connectivity index (χ0n) is 12.1. The first kappa shape index (κ1) is 15.1. The predicted octanol–water partition coefficient (Wildman–Crippen LogP) is 2.37. The minimum absolute atomic E-state index is 0.0538. The highest BCUT2D eigenvalue weighted by Gasteiger charge is 2.16. The van der Waals surface area contributed by atoms with Crippen molar-refractivity contribution in [3.05, 3.63) is 65.5 Å². The Morgan fingerprint density at radius 3 is 2.62 bits per heavy atom. The summed E-state index contributed by atoms with van der Waals surface area (Å²) in [7, 11) is 3.06. The normalized spacial score (nSPS) is 17.6. The molecule has 0 saturated carbocycles. The van der Waals surface area contributed by atoms with E-state index in [9.17, 15) is 9.90 Å². The van der Waals surface area contributed by atoms with E-state index in [0.29, 0.717) is 5.76 Å². The second kappa shape index (κ2) is 6.90. The van der Waals surface area contributed by atoms with Crippen LogP contribution in [-0.4, -0.2) is 31.7 Å². The maximum Gasteiger partial charge on any atom is 0.220 e. The van der Waals surface area contributed by atoms with Gasteiger partial charge in [-0.05, 0) is 23.8 Å². The molecule has 1 aliphatic carbocycles. The number of benzene rings is 1. The highest BCUT2D eigenvalue weighted by Crippen LogP contribution is 2.29. The largest absolute Gasteiger partial charge is 0.496 e. The van der Waals surface area contributed by atoms with Crippen molar-refractivity contribution < 1.29 is 19.4 Å². The Labute approximate surface area is 124 Å². The van der Waals surface area contributed by atoms with Gasteiger partial charge in [-0.25, -0.2) is 0 Å². The van der Waals surface area contributed by atoms with E-state index < -0.39 is 0 Å². The van der Waals surface area contributed by atoms with Crippen LogP contribution in [0.15, 0.2) is 59.9 Å². The molecule has 0 heterocycles. The molecule has 0 fully saturated rings. The second-order valence-electron chi connectivity index (χ2n) is 4.61. The Balaban J connectivity index is 2.35. The lowest BCUT2D eigenvalue weighted by Crippen LogP contribution is -2.07. The van der Waals surface area contributed by atoms with Crippen LogP contribution < -0.4 is 4.74 Å². The monoisotopic (exact) mass is 286 g/mol. The van der Waals surface area contributed by atoms with Crippen molar-refractivity contribution in [3.63, 3.8) is 0 Å². The molecule has 0 aliphatic heterocycles. The van der Waals surface area contributed by atoms with Crippen LogP contribution >= 0.6 is 0 Å². The molecule has 1 aromatic carbocycles. The van der Waals surface area contributed by atoms with Crippen LogP contribution in [0.5, 0.6) is 5.75 Å². The molecule has 1 N–H and O–H groups in total. The molecule has 1 aromatic rings. The van der Waals surface area contributed by atoms with Crippen LogP contribution in [0.1, 0.15) is 11.5 Å². The zero-order valence-corrected chi connectivity index (χ0v) is 12.1. The summed E-state index contributed by atoms with van der Waals surface area (Å²) >= 11 is 0. The SMILES string of the molecule is COC1=C/C(=C/C(CO)c2ccccc2OC)C=CC1=O. The summed E-state index contributed by atoms with van der Waals surface area (Å²) in [6, 6.07) is 7.55. The highest BCUT2D eigenvalue weighted by molar-refractivity contribution is 6.04. The molecular weight excluding hydrogens is 268 g/mol. The molecule has 1 unspecified atom stereocenters. The Kier molecular flexibility index (Phi) is 4.95. The maximum absolute atomic E-state index is 11.5. The molecule has 0 amide bonds. The maximum atomic E-state index is 11.5. The van der Waals surface area contributed by atoms with E-state index in [2.05, 4.69) is 0 Å². The summed E-state index contributed by atoms with van der Waals surface area (Å²) in [5.41, 5.74) is 1.71. The summed E-state index contributed by atoms with van der Waals surface area (Å²) in [5, 5.41) is 9.66. The third-order valence-corrected chi connectivity index (χ3v) is 3.32. The van der Waals surface area contributed by atoms with Gasteiger partial charge in [-0.3, -0.25) is 4.79 Å². The van der Waals surface area contributed by atoms with Crippen LogP contribution in [0.2, 0.25) is 0 Å². The van der Waals surface area contributed by atoms with Crippen LogP contribution in [-0.2, 0) is 9.53 Å². The van der Waals surface area contributed by atoms with Crippen molar-refractivity contribution in [2.24, 2.45) is 0 Å². The number of methoxy groups -OCH3 is 2. The lowest BCUT2D eigenvalue weighted by Gasteiger charge is -2.16. The van der Waals surface area contributed by atoms with Crippen molar-refractivity contribution in [2.75, 3.05) is 20.8 Å². The summed E-state index contributed by atoms with van der Waals surface area (Å²) in [5.74, 6) is 0.636. The van der Waals surface area contributed by atoms with Gasteiger partial charge in [0.05, 0.1) is 20.8 Å². The van der Waals surface area contributed by atoms with Crippen LogP contribution in [0.4, 0.5) is 0 Å². The molecule has 2 rings (SSSR count). The first-order chi connectivity index (χ1) is 10.2. The molecule has 4 nitrogen and oxygen atoms in total. The van der Waals surface area contributed by atoms with E-state index in [1.54, 1.807) is 19.3 Å². The van der Waals surface area contributed by atoms with Gasteiger partial charge < -0.3 is 14.6 Å². The van der Waals surface area contributed by atoms with E-state index in [0.717, 1.165) is 16.9 Å². The van der Waals surface area contributed by atoms with Crippen LogP contribution in [0.3, 0.4) is 0 Å². The predicted molar refractivity (Wildman–Crippen MR) is 80.1 cm³/mol. The molecule has 0 saturated heterocycles. The summed E-state index contributed by atoms with van der Waals surface area (Å²) in [6.07, 6.45) is 6.73. The Morgan fingerprint density at radius 2 is 1.95 bits per heavy atom. The van der Waals surface area contributed by atoms with E-state index in [1.165, 1.54) is 13.2 Å². The van der Waals surface area contributed by atoms with Gasteiger partial charge in [0.2, 0.25) is 5.78 Å². The van der Waals surface area contributed by atoms with Crippen molar-refractivity contribution in [1.82, 2.24) is 0 Å². The van der Waals surface area contributed by atoms with Gasteiger partial charge in [0.25, 0.3) is 0 Å². The van der Waals surface area contributed by atoms with Crippen molar-refractivity contribution >= 4 is 5.78 Å². The zero-order chi connectivity index (χ0) is 15.2. The number of carbonyl (C=O) groups excluding carboxylic acids is 1. The number of ether oxygens (including phenoxy) is 2. The van der Waals surface area contributed by atoms with Gasteiger partial charge in [0.1, 0.15) is 5.75 Å². The number of ketones is 1. The fraction of sp³-hybridized carbons (Fsp3) is 0.235. The third kappa shape index (κ3) is 3.41. The minimum atomic E-state index is -0.219. The molecule has 1 aliphatic rings. The first-order valence-electron chi connectivity index (χ1n) is 6.63. The summed E-state index contributed by atoms with van der Waals surface area (Å²) in [6.45, 7) is -0.0538. The topological polar surface area (TPSA) is 55.8 Å². The van der Waals surface area contributed by atoms with Gasteiger partial charge >= 0.3 is 0 Å². The second-order valence-corrected chi connectivity index (χ2v) is 4.61. The highest BCUT2D eigenvalue weighted by atomic mass is 16.5. The van der Waals surface area contributed by atoms with Gasteiger partial charge in [-0.1, -0.05) is 30.4 Å². The van der Waals surface area contributed by atoms with E-state index in [1.807, 2.05) is 30.3 Å². The van der Waals surface area contributed by atoms with E-state index >= 15 is 0 Å². The minimum Gasteiger partial charge on any atom is -0.496 e. The average Bonchev–Trinajstić information content (AvgIpc) is 2.54. The molecule has 0 radical (unpaired) electrons. The third-order valence-electron chi connectivity index (χ3n) is 3.32. The van der Waals surface area contributed by atoms with Gasteiger partial charge in [0.15, 0.2) is 5.76 Å². The molecular formula is C17H18O4. The average molecular weight is 286 g/mol. The van der Waals surface area contributed by atoms with Crippen molar-refractivity contribution in [2.45, 2.75) is 5.92 Å². The Morgan fingerprint density at radius 1 is 1.19 bits per heavy atom. The number of rotatable bonds is 5. The Bertz CT molecular complexity index is 611. The van der Waals surface area contributed by atoms with Crippen molar-refractivity contribution in [1.29, 1.82) is 0 Å². The lowest BCUT2D eigenvalue weighted by atomic mass is 9.94. The fourth-order valence-electron chi connectivity index (χ4n) is 2.23. The molecule has 0 spiro atoms. The van der Waals surface area contributed by atoms with Gasteiger partial charge in [0, 0.05) is 11.5 Å². The number of allylic oxidation sites excluding steroid dienone is 4. The first-order valence-corrected chi connectivity index (χ1v) is 6.63. The van der Waals surface area contributed by atoms with Crippen molar-refractivity contribution in [3.8, 4) is 5.75 Å². The molecule has 110 valence electrons. The number of hydrogen-bond donors (Lipinski definition) is 1. The molecule has 0 aromatic heterocycles. The number of carbonyl (C=O) groups is 1. The molecule has 0 bridgehead atoms. The number of aliphatic hydroxyl groups is 1. The standard InChI is InChI=1S/C17H18O4/c1-20-16-6-4-3-5-14(16)13(11-18)9-12-7-8-15(19)17(10-12)21-2/h3-10,13,18H,11H2,1-2H3/b12-9+. The Hall–Kier alpha value is -2.33. The van der Waals surface area contributed by atoms with Crippen LogP contribution in [0.25, 0.3) is 0 Å². The lowest BCUT2D eigenvalue weighted by molar-refractivity contribution is -0.114. The summed E-state index contributed by atoms with van der Waals surface area (Å²) in [4.78, 5) is 11.5. The van der Waals surface area contributed by atoms with Gasteiger partial charge in [-0.15, -0.1) is 0 Å². The van der Waals surface area contributed by atoms with E-state index in [4.69, 9.17) is 9.47 Å². The molecule has 21 heavy (non-hydrogen) atoms. The van der Waals surface area contributed by atoms with Crippen LogP contribution in [0, 0.1) is 0 Å². The molecule has 4 heteroatoms. The summed E-state index contributed by atoms with van der Waals surface area (Å²) < 4.78 is 10.4. The fourth-order valence-corrected chi connectivity index (χ4v) is 2.23. The van der Waals surface area contributed by atoms with Gasteiger partial charge in [-0.2, -0.15) is 0 Å². The number of para-hydroxylation sites is 1. The van der Waals surface area contributed by atoms with E-state index in [-0.39, 0.29) is 18.3 Å². The number of hydrogen-bond acceptors (Lipinski definition) is 4. The quantitative estimate of drug-likeness (QED) is 0.903. The molecule has 1 atom stereocenters.